The Morgan fingerprint density at radius 3 is 2.73 bits per heavy atom. The van der Waals surface area contributed by atoms with Crippen LogP contribution in [0, 0.1) is 11.8 Å². The number of hydrogen-bond acceptors (Lipinski definition) is 6. The number of amides is 3. The Morgan fingerprint density at radius 2 is 2.08 bits per heavy atom. The van der Waals surface area contributed by atoms with E-state index in [2.05, 4.69) is 15.3 Å². The highest BCUT2D eigenvalue weighted by molar-refractivity contribution is 5.93. The fourth-order valence-electron chi connectivity index (χ4n) is 3.52. The van der Waals surface area contributed by atoms with Gasteiger partial charge in [0.1, 0.15) is 0 Å². The van der Waals surface area contributed by atoms with Crippen molar-refractivity contribution in [2.75, 3.05) is 39.0 Å². The quantitative estimate of drug-likeness (QED) is 0.747. The topological polar surface area (TPSA) is 122 Å². The molecule has 1 aromatic heterocycles. The van der Waals surface area contributed by atoms with Crippen LogP contribution in [0.5, 0.6) is 0 Å². The molecule has 1 unspecified atom stereocenters. The van der Waals surface area contributed by atoms with E-state index in [1.54, 1.807) is 11.9 Å². The summed E-state index contributed by atoms with van der Waals surface area (Å²) in [7, 11) is 1.74. The molecule has 3 heterocycles. The molecule has 9 nitrogen and oxygen atoms in total. The van der Waals surface area contributed by atoms with E-state index in [0.717, 1.165) is 6.42 Å². The van der Waals surface area contributed by atoms with E-state index in [4.69, 9.17) is 5.73 Å². The number of anilines is 1. The third kappa shape index (κ3) is 4.09. The fraction of sp³-hybridized carbons (Fsp3) is 0.588. The molecule has 26 heavy (non-hydrogen) atoms. The molecule has 0 radical (unpaired) electrons. The van der Waals surface area contributed by atoms with Crippen molar-refractivity contribution in [3.05, 3.63) is 18.0 Å². The molecule has 3 amide bonds. The normalized spacial score (nSPS) is 22.8. The maximum atomic E-state index is 12.6. The summed E-state index contributed by atoms with van der Waals surface area (Å²) in [5, 5.41) is 2.76. The summed E-state index contributed by atoms with van der Waals surface area (Å²) in [4.78, 5) is 47.4. The van der Waals surface area contributed by atoms with Gasteiger partial charge >= 0.3 is 0 Å². The van der Waals surface area contributed by atoms with Crippen LogP contribution >= 0.6 is 0 Å². The molecule has 2 saturated heterocycles. The Balaban J connectivity index is 1.50. The lowest BCUT2D eigenvalue weighted by atomic mass is 9.98. The molecule has 3 N–H and O–H groups in total. The van der Waals surface area contributed by atoms with Gasteiger partial charge in [-0.2, -0.15) is 0 Å². The van der Waals surface area contributed by atoms with Gasteiger partial charge in [-0.1, -0.05) is 0 Å². The van der Waals surface area contributed by atoms with Crippen LogP contribution in [0.3, 0.4) is 0 Å². The van der Waals surface area contributed by atoms with Crippen molar-refractivity contribution in [1.82, 2.24) is 25.1 Å². The molecule has 0 aliphatic carbocycles. The number of likely N-dealkylation sites (tertiary alicyclic amines) is 1. The fourth-order valence-corrected chi connectivity index (χ4v) is 3.52. The van der Waals surface area contributed by atoms with Crippen molar-refractivity contribution in [3.63, 3.8) is 0 Å². The van der Waals surface area contributed by atoms with E-state index in [0.29, 0.717) is 44.6 Å². The van der Waals surface area contributed by atoms with Gasteiger partial charge in [-0.15, -0.1) is 0 Å². The average Bonchev–Trinajstić information content (AvgIpc) is 3.10. The van der Waals surface area contributed by atoms with E-state index < -0.39 is 0 Å². The van der Waals surface area contributed by atoms with Crippen LogP contribution in [0.15, 0.2) is 12.4 Å². The van der Waals surface area contributed by atoms with E-state index >= 15 is 0 Å². The van der Waals surface area contributed by atoms with Crippen LogP contribution in [0.4, 0.5) is 5.95 Å². The highest BCUT2D eigenvalue weighted by atomic mass is 16.2. The number of carbonyl (C=O) groups excluding carboxylic acids is 3. The summed E-state index contributed by atoms with van der Waals surface area (Å²) in [6.07, 6.45) is 4.72. The van der Waals surface area contributed by atoms with Gasteiger partial charge in [0.2, 0.25) is 17.8 Å². The number of aromatic nitrogens is 2. The van der Waals surface area contributed by atoms with Gasteiger partial charge in [0.15, 0.2) is 0 Å². The third-order valence-corrected chi connectivity index (χ3v) is 5.01. The van der Waals surface area contributed by atoms with Crippen molar-refractivity contribution < 1.29 is 14.4 Å². The van der Waals surface area contributed by atoms with Gasteiger partial charge in [0.05, 0.1) is 11.5 Å². The molecule has 0 spiro atoms. The van der Waals surface area contributed by atoms with Gasteiger partial charge in [-0.3, -0.25) is 14.4 Å². The molecule has 2 aliphatic rings. The summed E-state index contributed by atoms with van der Waals surface area (Å²) >= 11 is 0. The number of piperidine rings is 1. The largest absolute Gasteiger partial charge is 0.368 e. The molecule has 140 valence electrons. The van der Waals surface area contributed by atoms with Crippen LogP contribution < -0.4 is 11.1 Å². The number of rotatable bonds is 4. The molecule has 2 fully saturated rings. The Hall–Kier alpha value is -2.71. The second-order valence-corrected chi connectivity index (χ2v) is 6.99. The first-order valence-electron chi connectivity index (χ1n) is 8.82. The first kappa shape index (κ1) is 18.1. The number of nitrogens with one attached hydrogen (secondary N) is 1. The zero-order chi connectivity index (χ0) is 18.7. The molecule has 9 heteroatoms. The first-order chi connectivity index (χ1) is 12.4. The van der Waals surface area contributed by atoms with Crippen LogP contribution in [0.1, 0.15) is 29.6 Å². The zero-order valence-electron chi connectivity index (χ0n) is 14.9. The predicted molar refractivity (Wildman–Crippen MR) is 93.8 cm³/mol. The second kappa shape index (κ2) is 7.67. The van der Waals surface area contributed by atoms with Crippen LogP contribution in [-0.2, 0) is 9.59 Å². The molecule has 0 saturated carbocycles. The Labute approximate surface area is 151 Å². The lowest BCUT2D eigenvalue weighted by Gasteiger charge is -2.27. The molecule has 2 atom stereocenters. The average molecular weight is 360 g/mol. The first-order valence-corrected chi connectivity index (χ1v) is 8.82. The number of hydrogen-bond donors (Lipinski definition) is 2. The van der Waals surface area contributed by atoms with Crippen molar-refractivity contribution in [2.45, 2.75) is 19.3 Å². The smallest absolute Gasteiger partial charge is 0.256 e. The molecular weight excluding hydrogens is 336 g/mol. The molecule has 0 aromatic carbocycles. The Kier molecular flexibility index (Phi) is 5.34. The molecule has 0 bridgehead atoms. The highest BCUT2D eigenvalue weighted by Gasteiger charge is 2.33. The minimum Gasteiger partial charge on any atom is -0.368 e. The van der Waals surface area contributed by atoms with Crippen LogP contribution in [-0.4, -0.2) is 70.7 Å². The van der Waals surface area contributed by atoms with Gasteiger partial charge in [-0.05, 0) is 18.8 Å². The summed E-state index contributed by atoms with van der Waals surface area (Å²) in [5.41, 5.74) is 5.83. The SMILES string of the molecule is CN(CC1CCN(C(=O)[C@@H]2CCC(=O)NC2)C1)C(=O)c1cnc(N)nc1. The van der Waals surface area contributed by atoms with E-state index in [1.807, 2.05) is 4.90 Å². The Bertz CT molecular complexity index is 682. The monoisotopic (exact) mass is 360 g/mol. The molecular formula is C17H24N6O3. The number of nitrogen functional groups attached to an aromatic ring is 1. The summed E-state index contributed by atoms with van der Waals surface area (Å²) in [6.45, 7) is 2.32. The summed E-state index contributed by atoms with van der Waals surface area (Å²) < 4.78 is 0. The highest BCUT2D eigenvalue weighted by Crippen LogP contribution is 2.22. The molecule has 2 aliphatic heterocycles. The lowest BCUT2D eigenvalue weighted by Crippen LogP contribution is -2.44. The Morgan fingerprint density at radius 1 is 1.35 bits per heavy atom. The standard InChI is InChI=1S/C17H24N6O3/c1-22(15(25)13-7-20-17(18)21-8-13)9-11-4-5-23(10-11)16(26)12-2-3-14(24)19-6-12/h7-8,11-12H,2-6,9-10H2,1H3,(H,19,24)(H2,18,20,21)/t11?,12-/m1/s1. The summed E-state index contributed by atoms with van der Waals surface area (Å²) in [5.74, 6) is 0.199. The van der Waals surface area contributed by atoms with E-state index in [9.17, 15) is 14.4 Å². The van der Waals surface area contributed by atoms with E-state index in [1.165, 1.54) is 12.4 Å². The van der Waals surface area contributed by atoms with Crippen LogP contribution in [0.2, 0.25) is 0 Å². The molecule has 3 rings (SSSR count). The number of nitrogens with zero attached hydrogens (tertiary/aromatic N) is 4. The number of nitrogens with two attached hydrogens (primary N) is 1. The van der Waals surface area contributed by atoms with Gasteiger partial charge in [0.25, 0.3) is 5.91 Å². The maximum absolute atomic E-state index is 12.6. The molecule has 1 aromatic rings. The summed E-state index contributed by atoms with van der Waals surface area (Å²) in [6, 6.07) is 0. The second-order valence-electron chi connectivity index (χ2n) is 6.99. The minimum atomic E-state index is -0.162. The van der Waals surface area contributed by atoms with Gasteiger partial charge in [-0.25, -0.2) is 9.97 Å². The van der Waals surface area contributed by atoms with Gasteiger partial charge in [0, 0.05) is 52.0 Å². The lowest BCUT2D eigenvalue weighted by molar-refractivity contribution is -0.136. The third-order valence-electron chi connectivity index (χ3n) is 5.01. The van der Waals surface area contributed by atoms with Crippen molar-refractivity contribution in [1.29, 1.82) is 0 Å². The van der Waals surface area contributed by atoms with Crippen LogP contribution in [0.25, 0.3) is 0 Å². The minimum absolute atomic E-state index is 0.0140. The maximum Gasteiger partial charge on any atom is 0.256 e. The van der Waals surface area contributed by atoms with Crippen molar-refractivity contribution in [3.8, 4) is 0 Å². The van der Waals surface area contributed by atoms with Crippen molar-refractivity contribution in [2.24, 2.45) is 11.8 Å². The predicted octanol–water partition coefficient (Wildman–Crippen LogP) is -0.494. The van der Waals surface area contributed by atoms with Crippen molar-refractivity contribution >= 4 is 23.7 Å². The van der Waals surface area contributed by atoms with E-state index in [-0.39, 0.29) is 35.5 Å². The number of carbonyl (C=O) groups is 3. The zero-order valence-corrected chi connectivity index (χ0v) is 14.9. The van der Waals surface area contributed by atoms with Gasteiger partial charge < -0.3 is 20.9 Å².